The van der Waals surface area contributed by atoms with E-state index in [4.69, 9.17) is 9.47 Å². The first-order valence-corrected chi connectivity index (χ1v) is 9.61. The van der Waals surface area contributed by atoms with Crippen LogP contribution in [0.3, 0.4) is 0 Å². The first kappa shape index (κ1) is 19.9. The van der Waals surface area contributed by atoms with Gasteiger partial charge in [-0.15, -0.1) is 0 Å². The van der Waals surface area contributed by atoms with Crippen molar-refractivity contribution in [2.45, 2.75) is 37.2 Å². The van der Waals surface area contributed by atoms with Crippen LogP contribution in [0.4, 0.5) is 8.78 Å². The number of amides is 1. The minimum atomic E-state index is -2.64. The molecule has 1 aromatic rings. The summed E-state index contributed by atoms with van der Waals surface area (Å²) in [5.41, 5.74) is -2.42. The van der Waals surface area contributed by atoms with E-state index in [1.54, 1.807) is 40.8 Å². The van der Waals surface area contributed by atoms with Crippen LogP contribution < -0.4 is 0 Å². The Kier molecular flexibility index (Phi) is 5.35. The van der Waals surface area contributed by atoms with Crippen molar-refractivity contribution < 1.29 is 32.6 Å². The molecular formula is C18H16F2INO5. The Bertz CT molecular complexity index is 800. The topological polar surface area (TPSA) is 72.9 Å². The maximum atomic E-state index is 15.6. The van der Waals surface area contributed by atoms with Gasteiger partial charge in [0.2, 0.25) is 5.91 Å². The number of halogens is 3. The lowest BCUT2D eigenvalue weighted by atomic mass is 9.96. The van der Waals surface area contributed by atoms with E-state index in [0.29, 0.717) is 0 Å². The second kappa shape index (κ2) is 7.27. The van der Waals surface area contributed by atoms with Crippen molar-refractivity contribution in [2.24, 2.45) is 0 Å². The van der Waals surface area contributed by atoms with Crippen LogP contribution in [-0.4, -0.2) is 50.8 Å². The molecule has 1 amide bonds. The molecule has 0 unspecified atom stereocenters. The van der Waals surface area contributed by atoms with Crippen LogP contribution in [0.1, 0.15) is 23.7 Å². The Hall–Kier alpha value is -1.88. The Morgan fingerprint density at radius 1 is 1.33 bits per heavy atom. The molecule has 4 atom stereocenters. The van der Waals surface area contributed by atoms with E-state index in [-0.39, 0.29) is 9.99 Å². The number of rotatable bonds is 4. The maximum absolute atomic E-state index is 15.6. The number of allylic oxidation sites excluding steroid dienone is 1. The lowest BCUT2D eigenvalue weighted by Crippen LogP contribution is -2.53. The number of alkyl halides is 3. The second-order valence-corrected chi connectivity index (χ2v) is 7.22. The average molecular weight is 491 g/mol. The third-order valence-corrected chi connectivity index (χ3v) is 5.44. The first-order chi connectivity index (χ1) is 12.7. The summed E-state index contributed by atoms with van der Waals surface area (Å²) < 4.78 is 40.9. The highest BCUT2D eigenvalue weighted by molar-refractivity contribution is 14.1. The summed E-state index contributed by atoms with van der Waals surface area (Å²) in [6, 6.07) is 7.78. The first-order valence-electron chi connectivity index (χ1n) is 8.09. The monoisotopic (exact) mass is 491 g/mol. The molecule has 2 aliphatic rings. The molecule has 1 aromatic carbocycles. The van der Waals surface area contributed by atoms with Crippen LogP contribution in [0.2, 0.25) is 0 Å². The summed E-state index contributed by atoms with van der Waals surface area (Å²) in [4.78, 5) is 36.6. The molecule has 1 fully saturated rings. The summed E-state index contributed by atoms with van der Waals surface area (Å²) in [5, 5.41) is 0. The van der Waals surface area contributed by atoms with Gasteiger partial charge in [-0.1, -0.05) is 40.8 Å². The van der Waals surface area contributed by atoms with Gasteiger partial charge in [0.15, 0.2) is 23.8 Å². The average Bonchev–Trinajstić information content (AvgIpc) is 2.83. The molecule has 27 heavy (non-hydrogen) atoms. The van der Waals surface area contributed by atoms with Gasteiger partial charge in [-0.05, 0) is 25.1 Å². The number of ketones is 1. The zero-order valence-electron chi connectivity index (χ0n) is 14.2. The summed E-state index contributed by atoms with van der Waals surface area (Å²) in [7, 11) is 0. The second-order valence-electron chi connectivity index (χ2n) is 6.45. The largest absolute Gasteiger partial charge is 0.449 e. The molecule has 2 heterocycles. The van der Waals surface area contributed by atoms with E-state index in [0.717, 1.165) is 24.1 Å². The van der Waals surface area contributed by atoms with Gasteiger partial charge in [0.05, 0.1) is 16.4 Å². The van der Waals surface area contributed by atoms with Crippen LogP contribution >= 0.6 is 22.6 Å². The summed E-state index contributed by atoms with van der Waals surface area (Å²) in [6.07, 6.45) is -1.90. The smallest absolute Gasteiger partial charge is 0.338 e. The van der Waals surface area contributed by atoms with Gasteiger partial charge in [-0.2, -0.15) is 0 Å². The molecule has 0 spiro atoms. The van der Waals surface area contributed by atoms with Gasteiger partial charge in [-0.3, -0.25) is 14.5 Å². The fourth-order valence-electron chi connectivity index (χ4n) is 3.05. The molecule has 1 saturated heterocycles. The Morgan fingerprint density at radius 3 is 2.59 bits per heavy atom. The SMILES string of the molecule is C[C@]1(F)[C@H](N2C=CC(=O)CC2=O)O[C@](F)(CI)[C@H]1OC(=O)c1ccccc1. The molecular weight excluding hydrogens is 475 g/mol. The predicted molar refractivity (Wildman–Crippen MR) is 98.4 cm³/mol. The molecule has 0 aliphatic carbocycles. The van der Waals surface area contributed by atoms with Crippen molar-refractivity contribution in [3.8, 4) is 0 Å². The summed E-state index contributed by atoms with van der Waals surface area (Å²) in [5.74, 6) is -4.71. The maximum Gasteiger partial charge on any atom is 0.338 e. The molecule has 2 aliphatic heterocycles. The van der Waals surface area contributed by atoms with Crippen molar-refractivity contribution in [1.29, 1.82) is 0 Å². The molecule has 6 nitrogen and oxygen atoms in total. The number of nitrogens with zero attached hydrogens (tertiary/aromatic N) is 1. The predicted octanol–water partition coefficient (Wildman–Crippen LogP) is 2.71. The Morgan fingerprint density at radius 2 is 2.00 bits per heavy atom. The molecule has 3 rings (SSSR count). The van der Waals surface area contributed by atoms with E-state index in [9.17, 15) is 14.4 Å². The third kappa shape index (κ3) is 3.62. The third-order valence-electron chi connectivity index (χ3n) is 4.40. The van der Waals surface area contributed by atoms with Crippen molar-refractivity contribution in [2.75, 3.05) is 4.43 Å². The van der Waals surface area contributed by atoms with Crippen LogP contribution in [0.25, 0.3) is 0 Å². The van der Waals surface area contributed by atoms with Crippen LogP contribution in [0.5, 0.6) is 0 Å². The van der Waals surface area contributed by atoms with Crippen LogP contribution in [0, 0.1) is 0 Å². The number of carbonyl (C=O) groups excluding carboxylic acids is 3. The van der Waals surface area contributed by atoms with Crippen molar-refractivity contribution >= 4 is 40.3 Å². The van der Waals surface area contributed by atoms with E-state index < -0.39 is 47.9 Å². The van der Waals surface area contributed by atoms with Gasteiger partial charge in [-0.25, -0.2) is 13.6 Å². The molecule has 0 saturated carbocycles. The van der Waals surface area contributed by atoms with Gasteiger partial charge in [0.25, 0.3) is 5.85 Å². The van der Waals surface area contributed by atoms with Crippen molar-refractivity contribution in [3.63, 3.8) is 0 Å². The number of ether oxygens (including phenoxy) is 2. The highest BCUT2D eigenvalue weighted by Gasteiger charge is 2.67. The Labute approximate surface area is 167 Å². The van der Waals surface area contributed by atoms with E-state index in [1.165, 1.54) is 12.1 Å². The van der Waals surface area contributed by atoms with Crippen LogP contribution in [-0.2, 0) is 19.1 Å². The molecule has 9 heteroatoms. The number of carbonyl (C=O) groups is 3. The van der Waals surface area contributed by atoms with Crippen molar-refractivity contribution in [1.82, 2.24) is 4.90 Å². The number of benzene rings is 1. The van der Waals surface area contributed by atoms with E-state index in [1.807, 2.05) is 0 Å². The zero-order chi connectivity index (χ0) is 19.8. The van der Waals surface area contributed by atoms with Gasteiger partial charge >= 0.3 is 5.97 Å². The van der Waals surface area contributed by atoms with E-state index in [2.05, 4.69) is 0 Å². The lowest BCUT2D eigenvalue weighted by Gasteiger charge is -2.33. The standard InChI is InChI=1S/C18H16F2INO5/c1-17(19)15(26-14(25)11-5-3-2-4-6-11)18(20,10-21)27-16(17)22-8-7-12(23)9-13(22)24/h2-8,15-16H,9-10H2,1H3/t15-,16+,17+,18+/m0/s1. The number of hydrogen-bond acceptors (Lipinski definition) is 5. The van der Waals surface area contributed by atoms with Crippen molar-refractivity contribution in [3.05, 3.63) is 48.2 Å². The summed E-state index contributed by atoms with van der Waals surface area (Å²) >= 11 is 1.66. The summed E-state index contributed by atoms with van der Waals surface area (Å²) in [6.45, 7) is 1.01. The highest BCUT2D eigenvalue weighted by atomic mass is 127. The highest BCUT2D eigenvalue weighted by Crippen LogP contribution is 2.47. The zero-order valence-corrected chi connectivity index (χ0v) is 16.4. The molecule has 0 N–H and O–H groups in total. The number of hydrogen-bond donors (Lipinski definition) is 0. The van der Waals surface area contributed by atoms with Gasteiger partial charge in [0.1, 0.15) is 0 Å². The fraction of sp³-hybridized carbons (Fsp3) is 0.389. The Balaban J connectivity index is 1.91. The lowest BCUT2D eigenvalue weighted by molar-refractivity contribution is -0.183. The minimum Gasteiger partial charge on any atom is -0.449 e. The number of esters is 1. The molecule has 144 valence electrons. The molecule has 0 bridgehead atoms. The van der Waals surface area contributed by atoms with Gasteiger partial charge < -0.3 is 9.47 Å². The van der Waals surface area contributed by atoms with Gasteiger partial charge in [0, 0.05) is 6.20 Å². The molecule has 0 aromatic heterocycles. The normalized spacial score (nSPS) is 33.4. The quantitative estimate of drug-likeness (QED) is 0.281. The fourth-order valence-corrected chi connectivity index (χ4v) is 3.63. The van der Waals surface area contributed by atoms with Crippen LogP contribution in [0.15, 0.2) is 42.6 Å². The minimum absolute atomic E-state index is 0.132. The van der Waals surface area contributed by atoms with E-state index >= 15 is 8.78 Å². The molecule has 0 radical (unpaired) electrons.